The summed E-state index contributed by atoms with van der Waals surface area (Å²) in [6.07, 6.45) is 3.10. The lowest BCUT2D eigenvalue weighted by Crippen LogP contribution is -2.37. The molecule has 1 aromatic carbocycles. The molecule has 0 radical (unpaired) electrons. The number of benzene rings is 1. The van der Waals surface area contributed by atoms with Crippen molar-refractivity contribution in [1.82, 2.24) is 0 Å². The van der Waals surface area contributed by atoms with Crippen LogP contribution in [0, 0.1) is 5.92 Å². The summed E-state index contributed by atoms with van der Waals surface area (Å²) in [7, 11) is -1.50. The van der Waals surface area contributed by atoms with Gasteiger partial charge in [0.05, 0.1) is 12.7 Å². The highest BCUT2D eigenvalue weighted by molar-refractivity contribution is 6.73. The monoisotopic (exact) mass is 334 g/mol. The van der Waals surface area contributed by atoms with Crippen LogP contribution < -0.4 is 0 Å². The van der Waals surface area contributed by atoms with Crippen molar-refractivity contribution in [3.8, 4) is 0 Å². The van der Waals surface area contributed by atoms with E-state index in [2.05, 4.69) is 58.5 Å². The summed E-state index contributed by atoms with van der Waals surface area (Å²) in [6, 6.07) is 14.0. The molecule has 0 amide bonds. The molecule has 1 aromatic rings. The zero-order valence-electron chi connectivity index (χ0n) is 15.4. The molecule has 1 rings (SSSR count). The standard InChI is InChI=1S/C20H34O2Si/c1-6-18(5)20(21-17-19-13-11-10-12-14-19)15-16-22-23(7-2,8-3)9-4/h6,10-14,18,20H,1,7-9,15-17H2,2-5H3/t18-,20-/m0/s1. The minimum Gasteiger partial charge on any atom is -0.417 e. The Morgan fingerprint density at radius 3 is 2.22 bits per heavy atom. The van der Waals surface area contributed by atoms with Gasteiger partial charge < -0.3 is 9.16 Å². The van der Waals surface area contributed by atoms with Crippen molar-refractivity contribution in [2.24, 2.45) is 5.92 Å². The summed E-state index contributed by atoms with van der Waals surface area (Å²) in [5.41, 5.74) is 1.22. The smallest absolute Gasteiger partial charge is 0.191 e. The van der Waals surface area contributed by atoms with Gasteiger partial charge in [0.2, 0.25) is 0 Å². The van der Waals surface area contributed by atoms with E-state index in [1.165, 1.54) is 23.7 Å². The number of rotatable bonds is 12. The van der Waals surface area contributed by atoms with E-state index < -0.39 is 8.32 Å². The van der Waals surface area contributed by atoms with Crippen molar-refractivity contribution < 1.29 is 9.16 Å². The fraction of sp³-hybridized carbons (Fsp3) is 0.600. The Kier molecular flexibility index (Phi) is 9.45. The van der Waals surface area contributed by atoms with Crippen molar-refractivity contribution in [3.05, 3.63) is 48.6 Å². The summed E-state index contributed by atoms with van der Waals surface area (Å²) >= 11 is 0. The molecule has 23 heavy (non-hydrogen) atoms. The van der Waals surface area contributed by atoms with E-state index in [0.29, 0.717) is 12.5 Å². The molecule has 2 nitrogen and oxygen atoms in total. The quantitative estimate of drug-likeness (QED) is 0.355. The van der Waals surface area contributed by atoms with Crippen LogP contribution in [0.1, 0.15) is 39.7 Å². The van der Waals surface area contributed by atoms with Gasteiger partial charge in [-0.25, -0.2) is 0 Å². The largest absolute Gasteiger partial charge is 0.417 e. The van der Waals surface area contributed by atoms with E-state index in [1.807, 2.05) is 12.1 Å². The Labute approximate surface area is 144 Å². The molecular formula is C20H34O2Si. The Hall–Kier alpha value is -0.903. The highest BCUT2D eigenvalue weighted by atomic mass is 28.4. The van der Waals surface area contributed by atoms with Crippen LogP contribution in [0.3, 0.4) is 0 Å². The molecule has 0 saturated heterocycles. The first-order valence-corrected chi connectivity index (χ1v) is 11.6. The molecule has 0 saturated carbocycles. The van der Waals surface area contributed by atoms with Crippen LogP contribution in [-0.2, 0) is 15.8 Å². The van der Waals surface area contributed by atoms with Gasteiger partial charge >= 0.3 is 0 Å². The lowest BCUT2D eigenvalue weighted by molar-refractivity contribution is 0.00402. The topological polar surface area (TPSA) is 18.5 Å². The Balaban J connectivity index is 2.53. The average molecular weight is 335 g/mol. The zero-order valence-corrected chi connectivity index (χ0v) is 16.4. The summed E-state index contributed by atoms with van der Waals surface area (Å²) in [4.78, 5) is 0. The molecule has 3 heteroatoms. The maximum Gasteiger partial charge on any atom is 0.191 e. The van der Waals surface area contributed by atoms with Gasteiger partial charge in [0.15, 0.2) is 8.32 Å². The van der Waals surface area contributed by atoms with Crippen LogP contribution in [0.15, 0.2) is 43.0 Å². The second kappa shape index (κ2) is 10.8. The maximum atomic E-state index is 6.38. The molecule has 0 spiro atoms. The molecule has 0 bridgehead atoms. The van der Waals surface area contributed by atoms with Gasteiger partial charge in [-0.05, 0) is 30.1 Å². The molecule has 130 valence electrons. The highest BCUT2D eigenvalue weighted by Gasteiger charge is 2.29. The van der Waals surface area contributed by atoms with Gasteiger partial charge in [0.1, 0.15) is 0 Å². The maximum absolute atomic E-state index is 6.38. The van der Waals surface area contributed by atoms with Gasteiger partial charge in [-0.3, -0.25) is 0 Å². The van der Waals surface area contributed by atoms with Crippen molar-refractivity contribution in [1.29, 1.82) is 0 Å². The molecule has 0 aliphatic heterocycles. The van der Waals surface area contributed by atoms with Gasteiger partial charge in [-0.15, -0.1) is 6.58 Å². The predicted octanol–water partition coefficient (Wildman–Crippen LogP) is 5.81. The van der Waals surface area contributed by atoms with E-state index in [4.69, 9.17) is 9.16 Å². The molecule has 0 unspecified atom stereocenters. The van der Waals surface area contributed by atoms with Crippen molar-refractivity contribution in [3.63, 3.8) is 0 Å². The fourth-order valence-electron chi connectivity index (χ4n) is 2.88. The number of ether oxygens (including phenoxy) is 1. The third-order valence-corrected chi connectivity index (χ3v) is 9.69. The van der Waals surface area contributed by atoms with Crippen LogP contribution in [0.2, 0.25) is 18.1 Å². The average Bonchev–Trinajstić information content (AvgIpc) is 2.62. The van der Waals surface area contributed by atoms with Gasteiger partial charge in [0, 0.05) is 12.5 Å². The van der Waals surface area contributed by atoms with Crippen molar-refractivity contribution in [2.75, 3.05) is 6.61 Å². The van der Waals surface area contributed by atoms with Gasteiger partial charge in [0.25, 0.3) is 0 Å². The SMILES string of the molecule is C=C[C@H](C)[C@H](CCO[Si](CC)(CC)CC)OCc1ccccc1. The first kappa shape index (κ1) is 20.1. The van der Waals surface area contributed by atoms with E-state index in [9.17, 15) is 0 Å². The molecule has 0 aromatic heterocycles. The highest BCUT2D eigenvalue weighted by Crippen LogP contribution is 2.23. The molecule has 0 N–H and O–H groups in total. The molecule has 2 atom stereocenters. The van der Waals surface area contributed by atoms with Crippen LogP contribution in [0.5, 0.6) is 0 Å². The fourth-order valence-corrected chi connectivity index (χ4v) is 5.54. The minimum absolute atomic E-state index is 0.171. The third-order valence-electron chi connectivity index (χ3n) is 5.01. The lowest BCUT2D eigenvalue weighted by Gasteiger charge is -2.30. The Bertz CT molecular complexity index is 420. The lowest BCUT2D eigenvalue weighted by atomic mass is 10.0. The van der Waals surface area contributed by atoms with E-state index in [1.54, 1.807) is 0 Å². The normalized spacial score (nSPS) is 14.4. The number of hydrogen-bond acceptors (Lipinski definition) is 2. The first-order chi connectivity index (χ1) is 11.1. The second-order valence-corrected chi connectivity index (χ2v) is 11.1. The van der Waals surface area contributed by atoms with Crippen LogP contribution in [0.4, 0.5) is 0 Å². The molecule has 0 aliphatic rings. The van der Waals surface area contributed by atoms with E-state index in [-0.39, 0.29) is 6.10 Å². The summed E-state index contributed by atoms with van der Waals surface area (Å²) < 4.78 is 12.5. The van der Waals surface area contributed by atoms with Crippen LogP contribution in [0.25, 0.3) is 0 Å². The van der Waals surface area contributed by atoms with Gasteiger partial charge in [-0.2, -0.15) is 0 Å². The van der Waals surface area contributed by atoms with E-state index >= 15 is 0 Å². The third kappa shape index (κ3) is 6.62. The Morgan fingerprint density at radius 2 is 1.70 bits per heavy atom. The van der Waals surface area contributed by atoms with E-state index in [0.717, 1.165) is 13.0 Å². The van der Waals surface area contributed by atoms with Crippen molar-refractivity contribution in [2.45, 2.75) is 65.0 Å². The second-order valence-electron chi connectivity index (χ2n) is 6.31. The summed E-state index contributed by atoms with van der Waals surface area (Å²) in [5.74, 6) is 0.336. The van der Waals surface area contributed by atoms with Crippen LogP contribution in [-0.4, -0.2) is 21.0 Å². The molecule has 0 fully saturated rings. The van der Waals surface area contributed by atoms with Crippen molar-refractivity contribution >= 4 is 8.32 Å². The van der Waals surface area contributed by atoms with Crippen LogP contribution >= 0.6 is 0 Å². The molecule has 0 heterocycles. The Morgan fingerprint density at radius 1 is 1.09 bits per heavy atom. The van der Waals surface area contributed by atoms with Gasteiger partial charge in [-0.1, -0.05) is 64.1 Å². The minimum atomic E-state index is -1.50. The summed E-state index contributed by atoms with van der Waals surface area (Å²) in [6.45, 7) is 14.4. The molecule has 0 aliphatic carbocycles. The number of hydrogen-bond donors (Lipinski definition) is 0. The predicted molar refractivity (Wildman–Crippen MR) is 102 cm³/mol. The molecular weight excluding hydrogens is 300 g/mol. The first-order valence-electron chi connectivity index (χ1n) is 9.02. The summed E-state index contributed by atoms with van der Waals surface area (Å²) in [5, 5.41) is 0. The zero-order chi connectivity index (χ0) is 17.1.